The number of anilines is 2. The van der Waals surface area contributed by atoms with Crippen LogP contribution in [0.3, 0.4) is 0 Å². The van der Waals surface area contributed by atoms with Gasteiger partial charge in [0.2, 0.25) is 5.91 Å². The van der Waals surface area contributed by atoms with Crippen molar-refractivity contribution in [1.29, 1.82) is 0 Å². The van der Waals surface area contributed by atoms with Crippen LogP contribution in [-0.4, -0.2) is 5.91 Å². The van der Waals surface area contributed by atoms with Crippen LogP contribution in [0.4, 0.5) is 11.4 Å². The summed E-state index contributed by atoms with van der Waals surface area (Å²) in [5.41, 5.74) is 8.52. The number of hydrogen-bond acceptors (Lipinski definition) is 2. The van der Waals surface area contributed by atoms with Gasteiger partial charge in [0.15, 0.2) is 0 Å². The van der Waals surface area contributed by atoms with Gasteiger partial charge in [0, 0.05) is 17.3 Å². The van der Waals surface area contributed by atoms with Crippen molar-refractivity contribution in [2.45, 2.75) is 40.0 Å². The summed E-state index contributed by atoms with van der Waals surface area (Å²) in [7, 11) is 0. The zero-order valence-electron chi connectivity index (χ0n) is 11.4. The maximum absolute atomic E-state index is 12.3. The first-order valence-electron chi connectivity index (χ1n) is 6.57. The molecule has 1 atom stereocenters. The SMILES string of the molecule is Cc1ccc(NC(=O)C2CCCC2(C)C)cc1N. The molecular weight excluding hydrogens is 224 g/mol. The highest BCUT2D eigenvalue weighted by Crippen LogP contribution is 2.43. The van der Waals surface area contributed by atoms with Crippen molar-refractivity contribution in [2.75, 3.05) is 11.1 Å². The van der Waals surface area contributed by atoms with E-state index in [9.17, 15) is 4.79 Å². The van der Waals surface area contributed by atoms with Gasteiger partial charge in [-0.25, -0.2) is 0 Å². The molecule has 0 saturated heterocycles. The molecule has 0 aromatic heterocycles. The van der Waals surface area contributed by atoms with E-state index < -0.39 is 0 Å². The molecule has 1 aliphatic rings. The third-order valence-corrected chi connectivity index (χ3v) is 4.12. The highest BCUT2D eigenvalue weighted by molar-refractivity contribution is 5.93. The number of amides is 1. The lowest BCUT2D eigenvalue weighted by Crippen LogP contribution is -2.30. The number of carbonyl (C=O) groups excluding carboxylic acids is 1. The summed E-state index contributed by atoms with van der Waals surface area (Å²) in [4.78, 5) is 12.3. The minimum Gasteiger partial charge on any atom is -0.398 e. The first kappa shape index (κ1) is 12.9. The number of nitrogens with one attached hydrogen (secondary N) is 1. The van der Waals surface area contributed by atoms with E-state index in [2.05, 4.69) is 19.2 Å². The molecule has 0 spiro atoms. The molecule has 98 valence electrons. The maximum Gasteiger partial charge on any atom is 0.228 e. The van der Waals surface area contributed by atoms with Crippen molar-refractivity contribution < 1.29 is 4.79 Å². The molecule has 3 nitrogen and oxygen atoms in total. The van der Waals surface area contributed by atoms with E-state index in [1.165, 1.54) is 0 Å². The summed E-state index contributed by atoms with van der Waals surface area (Å²) in [6.45, 7) is 6.31. The van der Waals surface area contributed by atoms with E-state index >= 15 is 0 Å². The van der Waals surface area contributed by atoms with Crippen LogP contribution in [0.1, 0.15) is 38.7 Å². The smallest absolute Gasteiger partial charge is 0.228 e. The third kappa shape index (κ3) is 2.50. The Morgan fingerprint density at radius 2 is 2.17 bits per heavy atom. The topological polar surface area (TPSA) is 55.1 Å². The normalized spacial score (nSPS) is 21.8. The Bertz CT molecular complexity index is 466. The van der Waals surface area contributed by atoms with E-state index in [-0.39, 0.29) is 17.2 Å². The quantitative estimate of drug-likeness (QED) is 0.786. The summed E-state index contributed by atoms with van der Waals surface area (Å²) < 4.78 is 0. The molecule has 0 radical (unpaired) electrons. The van der Waals surface area contributed by atoms with Crippen LogP contribution in [0.2, 0.25) is 0 Å². The fourth-order valence-electron chi connectivity index (χ4n) is 2.76. The average Bonchev–Trinajstić information content (AvgIpc) is 2.63. The summed E-state index contributed by atoms with van der Waals surface area (Å²) in [6.07, 6.45) is 3.25. The Labute approximate surface area is 109 Å². The molecule has 1 aromatic carbocycles. The minimum atomic E-state index is 0.111. The van der Waals surface area contributed by atoms with Gasteiger partial charge in [0.25, 0.3) is 0 Å². The molecule has 1 saturated carbocycles. The summed E-state index contributed by atoms with van der Waals surface area (Å²) in [5, 5.41) is 2.99. The van der Waals surface area contributed by atoms with Crippen molar-refractivity contribution in [3.05, 3.63) is 23.8 Å². The van der Waals surface area contributed by atoms with Gasteiger partial charge in [-0.2, -0.15) is 0 Å². The van der Waals surface area contributed by atoms with Crippen molar-refractivity contribution in [1.82, 2.24) is 0 Å². The Kier molecular flexibility index (Phi) is 3.33. The number of nitrogen functional groups attached to an aromatic ring is 1. The molecule has 1 aliphatic carbocycles. The molecule has 18 heavy (non-hydrogen) atoms. The minimum absolute atomic E-state index is 0.111. The van der Waals surface area contributed by atoms with Crippen LogP contribution in [0.15, 0.2) is 18.2 Å². The van der Waals surface area contributed by atoms with E-state index in [0.29, 0.717) is 0 Å². The average molecular weight is 246 g/mol. The lowest BCUT2D eigenvalue weighted by atomic mass is 9.81. The van der Waals surface area contributed by atoms with Crippen LogP contribution >= 0.6 is 0 Å². The zero-order chi connectivity index (χ0) is 13.3. The van der Waals surface area contributed by atoms with E-state index in [1.54, 1.807) is 0 Å². The molecule has 0 heterocycles. The standard InChI is InChI=1S/C15H22N2O/c1-10-6-7-11(9-13(10)16)17-14(18)12-5-4-8-15(12,2)3/h6-7,9,12H,4-5,8,16H2,1-3H3,(H,17,18). The number of hydrogen-bond donors (Lipinski definition) is 2. The lowest BCUT2D eigenvalue weighted by molar-refractivity contribution is -0.122. The van der Waals surface area contributed by atoms with Crippen LogP contribution in [0.5, 0.6) is 0 Å². The zero-order valence-corrected chi connectivity index (χ0v) is 11.4. The van der Waals surface area contributed by atoms with Gasteiger partial charge < -0.3 is 11.1 Å². The highest BCUT2D eigenvalue weighted by atomic mass is 16.1. The third-order valence-electron chi connectivity index (χ3n) is 4.12. The summed E-state index contributed by atoms with van der Waals surface area (Å²) in [5.74, 6) is 0.237. The number of aryl methyl sites for hydroxylation is 1. The van der Waals surface area contributed by atoms with Crippen LogP contribution in [0, 0.1) is 18.3 Å². The molecule has 1 fully saturated rings. The Morgan fingerprint density at radius 1 is 1.44 bits per heavy atom. The monoisotopic (exact) mass is 246 g/mol. The molecule has 2 rings (SSSR count). The van der Waals surface area contributed by atoms with Crippen molar-refractivity contribution in [3.63, 3.8) is 0 Å². The molecule has 3 heteroatoms. The van der Waals surface area contributed by atoms with Gasteiger partial charge in [0.1, 0.15) is 0 Å². The highest BCUT2D eigenvalue weighted by Gasteiger charge is 2.39. The van der Waals surface area contributed by atoms with Crippen LogP contribution in [0.25, 0.3) is 0 Å². The van der Waals surface area contributed by atoms with Crippen LogP contribution < -0.4 is 11.1 Å². The number of nitrogens with two attached hydrogens (primary N) is 1. The molecule has 3 N–H and O–H groups in total. The largest absolute Gasteiger partial charge is 0.398 e. The number of benzene rings is 1. The summed E-state index contributed by atoms with van der Waals surface area (Å²) in [6, 6.07) is 5.67. The maximum atomic E-state index is 12.3. The van der Waals surface area contributed by atoms with Gasteiger partial charge in [-0.1, -0.05) is 26.3 Å². The summed E-state index contributed by atoms with van der Waals surface area (Å²) >= 11 is 0. The van der Waals surface area contributed by atoms with Crippen LogP contribution in [-0.2, 0) is 4.79 Å². The first-order chi connectivity index (χ1) is 8.40. The second kappa shape index (κ2) is 4.63. The molecule has 0 bridgehead atoms. The fourth-order valence-corrected chi connectivity index (χ4v) is 2.76. The Morgan fingerprint density at radius 3 is 2.72 bits per heavy atom. The van der Waals surface area contributed by atoms with Gasteiger partial charge >= 0.3 is 0 Å². The van der Waals surface area contributed by atoms with Gasteiger partial charge in [-0.15, -0.1) is 0 Å². The number of carbonyl (C=O) groups is 1. The number of rotatable bonds is 2. The van der Waals surface area contributed by atoms with Crippen molar-refractivity contribution >= 4 is 17.3 Å². The molecule has 1 aromatic rings. The van der Waals surface area contributed by atoms with E-state index in [4.69, 9.17) is 5.73 Å². The van der Waals surface area contributed by atoms with Gasteiger partial charge in [0.05, 0.1) is 0 Å². The molecular formula is C15H22N2O. The molecule has 1 amide bonds. The van der Waals surface area contributed by atoms with Crippen molar-refractivity contribution in [3.8, 4) is 0 Å². The Balaban J connectivity index is 2.09. The predicted octanol–water partition coefficient (Wildman–Crippen LogP) is 3.34. The first-order valence-corrected chi connectivity index (χ1v) is 6.57. The molecule has 1 unspecified atom stereocenters. The van der Waals surface area contributed by atoms with Gasteiger partial charge in [-0.3, -0.25) is 4.79 Å². The fraction of sp³-hybridized carbons (Fsp3) is 0.533. The van der Waals surface area contributed by atoms with E-state index in [1.807, 2.05) is 25.1 Å². The Hall–Kier alpha value is -1.51. The van der Waals surface area contributed by atoms with Gasteiger partial charge in [-0.05, 0) is 42.9 Å². The second-order valence-electron chi connectivity index (χ2n) is 5.99. The lowest BCUT2D eigenvalue weighted by Gasteiger charge is -2.25. The van der Waals surface area contributed by atoms with Crippen molar-refractivity contribution in [2.24, 2.45) is 11.3 Å². The second-order valence-corrected chi connectivity index (χ2v) is 5.99. The van der Waals surface area contributed by atoms with E-state index in [0.717, 1.165) is 36.2 Å². The molecule has 0 aliphatic heterocycles. The predicted molar refractivity (Wildman–Crippen MR) is 75.3 cm³/mol.